The van der Waals surface area contributed by atoms with E-state index in [4.69, 9.17) is 54.5 Å². The van der Waals surface area contributed by atoms with E-state index in [2.05, 4.69) is 50.2 Å². The molecular weight excluding hydrogens is 922 g/mol. The number of phosphoric ester groups is 2. The van der Waals surface area contributed by atoms with Crippen LogP contribution in [0.4, 0.5) is 11.8 Å². The van der Waals surface area contributed by atoms with Crippen LogP contribution in [0.3, 0.4) is 0 Å². The fourth-order valence-corrected chi connectivity index (χ4v) is 11.3. The predicted molar refractivity (Wildman–Crippen MR) is 227 cm³/mol. The topological polar surface area (TPSA) is 291 Å². The van der Waals surface area contributed by atoms with Crippen molar-refractivity contribution in [1.29, 1.82) is 0 Å². The number of fused-ring (bicyclic) bond motifs is 2. The van der Waals surface area contributed by atoms with E-state index in [9.17, 15) is 18.9 Å². The van der Waals surface area contributed by atoms with Crippen molar-refractivity contribution in [2.45, 2.75) is 62.2 Å². The van der Waals surface area contributed by atoms with E-state index in [0.29, 0.717) is 5.56 Å². The summed E-state index contributed by atoms with van der Waals surface area (Å²) in [5.74, 6) is -2.03. The second kappa shape index (κ2) is 17.3. The molecule has 4 bridgehead atoms. The molecule has 0 spiro atoms. The van der Waals surface area contributed by atoms with Crippen molar-refractivity contribution in [2.24, 2.45) is 11.8 Å². The number of H-pyrrole nitrogens is 1. The Bertz CT molecular complexity index is 3010. The number of carbonyl (C=O) groups excluding carboxylic acids is 2. The Morgan fingerprint density at radius 1 is 0.866 bits per heavy atom. The summed E-state index contributed by atoms with van der Waals surface area (Å²) >= 11 is 0. The van der Waals surface area contributed by atoms with Gasteiger partial charge in [0, 0.05) is 17.4 Å². The van der Waals surface area contributed by atoms with Crippen LogP contribution < -0.4 is 16.2 Å². The largest absolute Gasteiger partial charge is 0.475 e. The van der Waals surface area contributed by atoms with Crippen molar-refractivity contribution in [3.05, 3.63) is 88.1 Å². The molecule has 8 heterocycles. The minimum Gasteiger partial charge on any atom is -0.367 e. The molecule has 2 amide bonds. The molecule has 1 aromatic carbocycles. The lowest BCUT2D eigenvalue weighted by Gasteiger charge is -2.34. The zero-order valence-electron chi connectivity index (χ0n) is 35.5. The molecule has 1 saturated carbocycles. The van der Waals surface area contributed by atoms with E-state index in [1.54, 1.807) is 44.2 Å². The molecule has 10 rings (SSSR count). The SMILES string of the molecule is [C-]#[N+]CCOP1(=O)OC[C@@]23CO[C@@H]([C@H](n4cnc5c(NC(=O)c6ccccc6)ncnc54)O2)[C@@H]3OP(=O)(OCC[N+]#[C-])OC[C@]23C[C@H]2[C@@H](O1)[C@H](n1cnc2c(=O)[nH]c(NC(=O)C(C)C)nc21)O3. The van der Waals surface area contributed by atoms with Crippen LogP contribution in [0.25, 0.3) is 32.0 Å². The average Bonchev–Trinajstić information content (AvgIpc) is 3.80. The quantitative estimate of drug-likeness (QED) is 0.0913. The number of rotatable bonds is 12. The van der Waals surface area contributed by atoms with Gasteiger partial charge in [-0.15, -0.1) is 0 Å². The summed E-state index contributed by atoms with van der Waals surface area (Å²) in [4.78, 5) is 69.8. The van der Waals surface area contributed by atoms with Crippen LogP contribution in [0.5, 0.6) is 0 Å². The number of aromatic amines is 1. The van der Waals surface area contributed by atoms with Gasteiger partial charge in [-0.1, -0.05) is 32.0 Å². The lowest BCUT2D eigenvalue weighted by molar-refractivity contribution is -0.185. The number of amides is 2. The van der Waals surface area contributed by atoms with Gasteiger partial charge in [-0.25, -0.2) is 42.2 Å². The van der Waals surface area contributed by atoms with Crippen LogP contribution in [-0.2, 0) is 55.3 Å². The van der Waals surface area contributed by atoms with Crippen molar-refractivity contribution in [3.63, 3.8) is 0 Å². The molecule has 5 fully saturated rings. The first-order valence-corrected chi connectivity index (χ1v) is 23.8. The average molecular weight is 963 g/mol. The number of hydrogen-bond acceptors (Lipinski definition) is 19. The van der Waals surface area contributed by atoms with Crippen LogP contribution in [0, 0.1) is 25.0 Å². The molecule has 3 N–H and O–H groups in total. The summed E-state index contributed by atoms with van der Waals surface area (Å²) < 4.78 is 88.7. The summed E-state index contributed by atoms with van der Waals surface area (Å²) in [6.45, 7) is 15.5. The van der Waals surface area contributed by atoms with Gasteiger partial charge >= 0.3 is 15.6 Å². The fraction of sp³-hybridized carbons (Fsp3) is 0.487. The van der Waals surface area contributed by atoms with Gasteiger partial charge in [0.2, 0.25) is 24.9 Å². The van der Waals surface area contributed by atoms with Crippen LogP contribution in [-0.4, -0.2) is 126 Å². The van der Waals surface area contributed by atoms with Gasteiger partial charge in [0.25, 0.3) is 11.5 Å². The van der Waals surface area contributed by atoms with Crippen LogP contribution in [0.15, 0.2) is 54.1 Å². The van der Waals surface area contributed by atoms with Crippen molar-refractivity contribution in [1.82, 2.24) is 39.0 Å². The third kappa shape index (κ3) is 8.23. The number of carbonyl (C=O) groups is 2. The Balaban J connectivity index is 1.01. The third-order valence-electron chi connectivity index (χ3n) is 11.8. The minimum absolute atomic E-state index is 0.0367. The molecule has 2 unspecified atom stereocenters. The molecular formula is C39H40N12O14P2. The number of ether oxygens (including phenoxy) is 3. The Morgan fingerprint density at radius 2 is 1.52 bits per heavy atom. The van der Waals surface area contributed by atoms with E-state index < -0.39 is 100 Å². The summed E-state index contributed by atoms with van der Waals surface area (Å²) in [6.07, 6.45) is -2.02. The highest BCUT2D eigenvalue weighted by molar-refractivity contribution is 7.48. The number of phosphoric acid groups is 2. The lowest BCUT2D eigenvalue weighted by atomic mass is 10.0. The van der Waals surface area contributed by atoms with Crippen molar-refractivity contribution >= 4 is 61.6 Å². The molecule has 0 radical (unpaired) electrons. The van der Waals surface area contributed by atoms with Gasteiger partial charge in [0.15, 0.2) is 40.6 Å². The highest BCUT2D eigenvalue weighted by Gasteiger charge is 2.72. The van der Waals surface area contributed by atoms with Gasteiger partial charge in [0.05, 0.1) is 32.5 Å². The summed E-state index contributed by atoms with van der Waals surface area (Å²) in [6, 6.07) is 8.49. The predicted octanol–water partition coefficient (Wildman–Crippen LogP) is 3.67. The third-order valence-corrected chi connectivity index (χ3v) is 14.7. The van der Waals surface area contributed by atoms with Crippen LogP contribution in [0.2, 0.25) is 0 Å². The zero-order valence-corrected chi connectivity index (χ0v) is 37.2. The Kier molecular flexibility index (Phi) is 11.6. The van der Waals surface area contributed by atoms with Gasteiger partial charge in [0.1, 0.15) is 49.1 Å². The Hall–Kier alpha value is -5.86. The molecule has 4 aromatic heterocycles. The number of nitrogens with zero attached hydrogens (tertiary/aromatic N) is 9. The Morgan fingerprint density at radius 3 is 2.24 bits per heavy atom. The van der Waals surface area contributed by atoms with Crippen molar-refractivity contribution in [3.8, 4) is 0 Å². The second-order valence-corrected chi connectivity index (χ2v) is 19.7. The zero-order chi connectivity index (χ0) is 46.7. The molecule has 4 saturated heterocycles. The first-order valence-electron chi connectivity index (χ1n) is 20.9. The smallest absolute Gasteiger partial charge is 0.367 e. The van der Waals surface area contributed by atoms with Crippen molar-refractivity contribution in [2.75, 3.05) is 56.8 Å². The van der Waals surface area contributed by atoms with E-state index in [1.165, 1.54) is 28.1 Å². The number of anilines is 2. The standard InChI is InChI=1S/C39H40N12O14P2/c1-21(2)32(52)48-37-47-31-25(34(54)49-37)45-20-51(31)35-26-23-14-38(23,62-35)16-60-67(56,59-13-11-41-4)65-28-27-36(63-39(28,15-57-27)17-61-66(55,64-26)58-12-10-40-3)50-19-44-24-29(42-18-43-30(24)50)46-33(53)22-8-6-5-7-9-22/h5-9,18-21,23,26-28,35-36H,10-17H2,1-2H3,(H,42,43,46,53)(H2,47,48,49,52,54)/t23-,26+,27+,28-,35+,36+,38+,39+,66?,67?/m0/s1. The summed E-state index contributed by atoms with van der Waals surface area (Å²) in [5, 5.41) is 5.32. The molecule has 1 aliphatic carbocycles. The van der Waals surface area contributed by atoms with E-state index in [-0.39, 0.29) is 73.4 Å². The molecule has 67 heavy (non-hydrogen) atoms. The normalized spacial score (nSPS) is 32.1. The minimum atomic E-state index is -4.77. The van der Waals surface area contributed by atoms with Gasteiger partial charge in [-0.2, -0.15) is 4.98 Å². The van der Waals surface area contributed by atoms with Gasteiger partial charge in [-0.05, 0) is 18.6 Å². The number of aromatic nitrogens is 8. The maximum absolute atomic E-state index is 15.0. The molecule has 4 aliphatic heterocycles. The second-order valence-electron chi connectivity index (χ2n) is 16.4. The lowest BCUT2D eigenvalue weighted by Crippen LogP contribution is -2.46. The molecule has 5 aliphatic rings. The van der Waals surface area contributed by atoms with Gasteiger partial charge in [-0.3, -0.25) is 61.0 Å². The van der Waals surface area contributed by atoms with Crippen molar-refractivity contribution < 1.29 is 60.1 Å². The highest BCUT2D eigenvalue weighted by Crippen LogP contribution is 2.68. The highest BCUT2D eigenvalue weighted by atomic mass is 31.2. The first kappa shape index (κ1) is 44.9. The van der Waals surface area contributed by atoms with Crippen LogP contribution in [0.1, 0.15) is 43.1 Å². The maximum Gasteiger partial charge on any atom is 0.475 e. The van der Waals surface area contributed by atoms with E-state index >= 15 is 4.57 Å². The molecule has 5 aromatic rings. The Labute approximate surface area is 378 Å². The number of imidazole rings is 2. The monoisotopic (exact) mass is 962 g/mol. The number of hydrogen-bond donors (Lipinski definition) is 3. The molecule has 350 valence electrons. The number of benzene rings is 1. The maximum atomic E-state index is 15.0. The first-order chi connectivity index (χ1) is 32.3. The van der Waals surface area contributed by atoms with E-state index in [1.807, 2.05) is 0 Å². The summed E-state index contributed by atoms with van der Waals surface area (Å²) in [5.41, 5.74) is -3.12. The molecule has 26 nitrogen and oxygen atoms in total. The van der Waals surface area contributed by atoms with Gasteiger partial charge < -0.3 is 29.2 Å². The number of nitrogens with one attached hydrogen (secondary N) is 3. The van der Waals surface area contributed by atoms with Crippen LogP contribution >= 0.6 is 15.6 Å². The fourth-order valence-electron chi connectivity index (χ4n) is 8.38. The molecule has 28 heteroatoms. The van der Waals surface area contributed by atoms with E-state index in [0.717, 1.165) is 0 Å². The summed E-state index contributed by atoms with van der Waals surface area (Å²) in [7, 11) is -9.48. The molecule has 10 atom stereocenters.